The monoisotopic (exact) mass is 295 g/mol. The van der Waals surface area contributed by atoms with Crippen LogP contribution in [0.2, 0.25) is 0 Å². The molecule has 0 amide bonds. The third-order valence-corrected chi connectivity index (χ3v) is 3.33. The molecule has 0 spiro atoms. The Hall–Kier alpha value is -3.15. The first-order valence-corrected chi connectivity index (χ1v) is 6.57. The summed E-state index contributed by atoms with van der Waals surface area (Å²) < 4.78 is 5.35. The number of nitrogens with zero attached hydrogens (tertiary/aromatic N) is 2. The van der Waals surface area contributed by atoms with E-state index in [1.165, 1.54) is 0 Å². The van der Waals surface area contributed by atoms with Gasteiger partial charge in [0.1, 0.15) is 11.4 Å². The van der Waals surface area contributed by atoms with Crippen molar-refractivity contribution in [1.29, 1.82) is 0 Å². The normalized spacial score (nSPS) is 10.4. The van der Waals surface area contributed by atoms with Crippen LogP contribution in [0.15, 0.2) is 48.7 Å². The number of benzene rings is 2. The highest BCUT2D eigenvalue weighted by Gasteiger charge is 2.11. The van der Waals surface area contributed by atoms with Gasteiger partial charge in [-0.15, -0.1) is 0 Å². The second-order valence-electron chi connectivity index (χ2n) is 4.66. The number of H-pyrrole nitrogens is 1. The van der Waals surface area contributed by atoms with Crippen molar-refractivity contribution in [1.82, 2.24) is 15.4 Å². The highest BCUT2D eigenvalue weighted by molar-refractivity contribution is 5.89. The Labute approximate surface area is 126 Å². The smallest absolute Gasteiger partial charge is 0.335 e. The van der Waals surface area contributed by atoms with Crippen LogP contribution in [-0.2, 0) is 0 Å². The molecule has 3 rings (SSSR count). The van der Waals surface area contributed by atoms with Crippen molar-refractivity contribution in [3.05, 3.63) is 54.2 Å². The summed E-state index contributed by atoms with van der Waals surface area (Å²) in [7, 11) is 1.59. The number of carboxylic acids is 1. The van der Waals surface area contributed by atoms with E-state index in [2.05, 4.69) is 15.4 Å². The Bertz CT molecular complexity index is 813. The topological polar surface area (TPSA) is 88.1 Å². The number of aromatic amines is 1. The number of hydrogen-bond acceptors (Lipinski definition) is 4. The van der Waals surface area contributed by atoms with Gasteiger partial charge in [-0.25, -0.2) is 4.79 Å². The molecule has 1 aromatic heterocycles. The molecule has 0 radical (unpaired) electrons. The fourth-order valence-corrected chi connectivity index (χ4v) is 2.25. The summed E-state index contributed by atoms with van der Waals surface area (Å²) >= 11 is 0. The largest absolute Gasteiger partial charge is 0.496 e. The first-order chi connectivity index (χ1) is 10.7. The third-order valence-electron chi connectivity index (χ3n) is 3.33. The number of rotatable bonds is 4. The number of aromatic nitrogens is 3. The lowest BCUT2D eigenvalue weighted by Gasteiger charge is -2.09. The summed E-state index contributed by atoms with van der Waals surface area (Å²) in [5.41, 5.74) is 3.38. The van der Waals surface area contributed by atoms with E-state index >= 15 is 0 Å². The Kier molecular flexibility index (Phi) is 3.57. The molecule has 110 valence electrons. The van der Waals surface area contributed by atoms with Gasteiger partial charge in [0, 0.05) is 5.56 Å². The Morgan fingerprint density at radius 3 is 2.68 bits per heavy atom. The van der Waals surface area contributed by atoms with Crippen molar-refractivity contribution in [2.45, 2.75) is 0 Å². The van der Waals surface area contributed by atoms with Crippen LogP contribution in [0.25, 0.3) is 22.4 Å². The van der Waals surface area contributed by atoms with Gasteiger partial charge in [0.2, 0.25) is 0 Å². The molecule has 0 saturated carbocycles. The van der Waals surface area contributed by atoms with Crippen LogP contribution in [0, 0.1) is 0 Å². The van der Waals surface area contributed by atoms with Crippen LogP contribution in [0.5, 0.6) is 5.75 Å². The zero-order valence-corrected chi connectivity index (χ0v) is 11.8. The lowest BCUT2D eigenvalue weighted by atomic mass is 9.99. The number of nitrogens with one attached hydrogen (secondary N) is 1. The van der Waals surface area contributed by atoms with E-state index in [-0.39, 0.29) is 5.56 Å². The lowest BCUT2D eigenvalue weighted by molar-refractivity contribution is 0.0697. The van der Waals surface area contributed by atoms with Crippen molar-refractivity contribution >= 4 is 5.97 Å². The van der Waals surface area contributed by atoms with Crippen molar-refractivity contribution in [2.75, 3.05) is 7.11 Å². The average Bonchev–Trinajstić information content (AvgIpc) is 3.08. The van der Waals surface area contributed by atoms with E-state index in [0.29, 0.717) is 11.4 Å². The van der Waals surface area contributed by atoms with Crippen LogP contribution in [0.1, 0.15) is 10.4 Å². The summed E-state index contributed by atoms with van der Waals surface area (Å²) in [6.45, 7) is 0. The number of carbonyl (C=O) groups is 1. The van der Waals surface area contributed by atoms with Crippen LogP contribution in [0.4, 0.5) is 0 Å². The quantitative estimate of drug-likeness (QED) is 0.772. The predicted octanol–water partition coefficient (Wildman–Crippen LogP) is 2.85. The predicted molar refractivity (Wildman–Crippen MR) is 80.8 cm³/mol. The first kappa shape index (κ1) is 13.8. The van der Waals surface area contributed by atoms with Crippen LogP contribution in [-0.4, -0.2) is 33.6 Å². The Morgan fingerprint density at radius 1 is 1.18 bits per heavy atom. The molecule has 0 bridgehead atoms. The lowest BCUT2D eigenvalue weighted by Crippen LogP contribution is -1.96. The molecule has 3 aromatic rings. The maximum absolute atomic E-state index is 11.1. The fourth-order valence-electron chi connectivity index (χ4n) is 2.25. The van der Waals surface area contributed by atoms with Crippen molar-refractivity contribution in [3.8, 4) is 28.1 Å². The summed E-state index contributed by atoms with van der Waals surface area (Å²) in [4.78, 5) is 11.1. The minimum absolute atomic E-state index is 0.247. The number of ether oxygens (including phenoxy) is 1. The zero-order valence-electron chi connectivity index (χ0n) is 11.8. The van der Waals surface area contributed by atoms with Gasteiger partial charge in [0.05, 0.1) is 18.9 Å². The average molecular weight is 295 g/mol. The molecule has 0 aliphatic carbocycles. The number of aromatic carboxylic acids is 1. The Morgan fingerprint density at radius 2 is 2.00 bits per heavy atom. The molecule has 2 aromatic carbocycles. The summed E-state index contributed by atoms with van der Waals surface area (Å²) in [6.07, 6.45) is 1.61. The maximum Gasteiger partial charge on any atom is 0.335 e. The minimum atomic E-state index is -0.952. The van der Waals surface area contributed by atoms with Gasteiger partial charge in [0.15, 0.2) is 0 Å². The number of hydrogen-bond donors (Lipinski definition) is 2. The first-order valence-electron chi connectivity index (χ1n) is 6.57. The van der Waals surface area contributed by atoms with E-state index < -0.39 is 5.97 Å². The van der Waals surface area contributed by atoms with Gasteiger partial charge in [0.25, 0.3) is 0 Å². The highest BCUT2D eigenvalue weighted by atomic mass is 16.5. The summed E-state index contributed by atoms with van der Waals surface area (Å²) in [5, 5.41) is 19.5. The van der Waals surface area contributed by atoms with Gasteiger partial charge in [-0.2, -0.15) is 15.4 Å². The molecule has 2 N–H and O–H groups in total. The maximum atomic E-state index is 11.1. The van der Waals surface area contributed by atoms with E-state index in [9.17, 15) is 4.79 Å². The van der Waals surface area contributed by atoms with Crippen LogP contribution >= 0.6 is 0 Å². The van der Waals surface area contributed by atoms with Crippen LogP contribution in [0.3, 0.4) is 0 Å². The van der Waals surface area contributed by atoms with E-state index in [1.807, 2.05) is 24.3 Å². The summed E-state index contributed by atoms with van der Waals surface area (Å²) in [5.74, 6) is -0.279. The van der Waals surface area contributed by atoms with Crippen molar-refractivity contribution in [2.24, 2.45) is 0 Å². The fraction of sp³-hybridized carbons (Fsp3) is 0.0625. The van der Waals surface area contributed by atoms with Gasteiger partial charge in [-0.3, -0.25) is 0 Å². The van der Waals surface area contributed by atoms with Crippen molar-refractivity contribution in [3.63, 3.8) is 0 Å². The molecule has 1 heterocycles. The van der Waals surface area contributed by atoms with E-state index in [1.54, 1.807) is 31.5 Å². The van der Waals surface area contributed by atoms with Crippen LogP contribution < -0.4 is 4.74 Å². The molecule has 0 atom stereocenters. The molecule has 0 aliphatic heterocycles. The number of carboxylic acid groups (broad SMARTS) is 1. The van der Waals surface area contributed by atoms with Gasteiger partial charge in [-0.1, -0.05) is 18.2 Å². The molecular weight excluding hydrogens is 282 g/mol. The SMILES string of the molecule is COc1ccc(-c2cccc(C(=O)O)c2)cc1-c1cn[nH]n1. The van der Waals surface area contributed by atoms with E-state index in [4.69, 9.17) is 9.84 Å². The molecule has 0 unspecified atom stereocenters. The van der Waals surface area contributed by atoms with Gasteiger partial charge < -0.3 is 9.84 Å². The molecular formula is C16H13N3O3. The van der Waals surface area contributed by atoms with Gasteiger partial charge in [-0.05, 0) is 35.4 Å². The highest BCUT2D eigenvalue weighted by Crippen LogP contribution is 2.33. The molecule has 6 heteroatoms. The summed E-state index contributed by atoms with van der Waals surface area (Å²) in [6, 6.07) is 12.4. The second-order valence-corrected chi connectivity index (χ2v) is 4.66. The van der Waals surface area contributed by atoms with Gasteiger partial charge >= 0.3 is 5.97 Å². The second kappa shape index (κ2) is 5.69. The molecule has 0 saturated heterocycles. The standard InChI is InChI=1S/C16H13N3O3/c1-22-15-6-5-11(8-13(15)14-9-17-19-18-14)10-3-2-4-12(7-10)16(20)21/h2-9H,1H3,(H,20,21)(H,17,18,19). The minimum Gasteiger partial charge on any atom is -0.496 e. The molecule has 0 fully saturated rings. The van der Waals surface area contributed by atoms with Crippen molar-refractivity contribution < 1.29 is 14.6 Å². The van der Waals surface area contributed by atoms with E-state index in [0.717, 1.165) is 16.7 Å². The molecule has 0 aliphatic rings. The number of methoxy groups -OCH3 is 1. The third kappa shape index (κ3) is 2.54. The molecule has 22 heavy (non-hydrogen) atoms. The Balaban J connectivity index is 2.11. The zero-order chi connectivity index (χ0) is 15.5. The molecule has 6 nitrogen and oxygen atoms in total.